The summed E-state index contributed by atoms with van der Waals surface area (Å²) < 4.78 is 0. The highest BCUT2D eigenvalue weighted by atomic mass is 16.3. The molecule has 0 aromatic heterocycles. The van der Waals surface area contributed by atoms with Gasteiger partial charge in [0.25, 0.3) is 0 Å². The van der Waals surface area contributed by atoms with Crippen LogP contribution in [-0.4, -0.2) is 24.1 Å². The zero-order valence-electron chi connectivity index (χ0n) is 10.6. The molecule has 4 heteroatoms. The fourth-order valence-corrected chi connectivity index (χ4v) is 2.13. The Morgan fingerprint density at radius 1 is 1.50 bits per heavy atom. The molecular formula is C14H20N2O2. The normalized spacial score (nSPS) is 20.7. The van der Waals surface area contributed by atoms with Crippen LogP contribution >= 0.6 is 0 Å². The van der Waals surface area contributed by atoms with Gasteiger partial charge in [-0.25, -0.2) is 0 Å². The van der Waals surface area contributed by atoms with E-state index >= 15 is 0 Å². The molecule has 2 atom stereocenters. The van der Waals surface area contributed by atoms with Crippen molar-refractivity contribution in [2.45, 2.75) is 26.0 Å². The number of benzene rings is 1. The maximum absolute atomic E-state index is 11.8. The standard InChI is InChI=1S/C14H20N2O2/c1-10(17)12-4-2-11(3-5-12)8-16-14(18)13-6-7-15-9-13/h2-5,10,13,15,17H,6-9H2,1H3,(H,16,18). The van der Waals surface area contributed by atoms with Gasteiger partial charge in [-0.2, -0.15) is 0 Å². The number of aliphatic hydroxyl groups is 1. The fourth-order valence-electron chi connectivity index (χ4n) is 2.13. The number of hydrogen-bond acceptors (Lipinski definition) is 3. The van der Waals surface area contributed by atoms with Gasteiger partial charge in [0.15, 0.2) is 0 Å². The van der Waals surface area contributed by atoms with Gasteiger partial charge in [-0.15, -0.1) is 0 Å². The summed E-state index contributed by atoms with van der Waals surface area (Å²) in [6.45, 7) is 4.01. The first-order chi connectivity index (χ1) is 8.66. The molecule has 1 saturated heterocycles. The molecule has 1 aliphatic rings. The van der Waals surface area contributed by atoms with Gasteiger partial charge in [-0.05, 0) is 31.0 Å². The lowest BCUT2D eigenvalue weighted by Gasteiger charge is -2.10. The van der Waals surface area contributed by atoms with Crippen molar-refractivity contribution in [3.05, 3.63) is 35.4 Å². The van der Waals surface area contributed by atoms with E-state index in [4.69, 9.17) is 0 Å². The highest BCUT2D eigenvalue weighted by molar-refractivity contribution is 5.79. The van der Waals surface area contributed by atoms with Crippen molar-refractivity contribution in [3.63, 3.8) is 0 Å². The Bertz CT molecular complexity index is 395. The van der Waals surface area contributed by atoms with Crippen molar-refractivity contribution in [2.24, 2.45) is 5.92 Å². The van der Waals surface area contributed by atoms with Crippen molar-refractivity contribution < 1.29 is 9.90 Å². The zero-order valence-corrected chi connectivity index (χ0v) is 10.6. The van der Waals surface area contributed by atoms with E-state index in [1.807, 2.05) is 24.3 Å². The largest absolute Gasteiger partial charge is 0.389 e. The molecule has 4 nitrogen and oxygen atoms in total. The van der Waals surface area contributed by atoms with Crippen LogP contribution < -0.4 is 10.6 Å². The summed E-state index contributed by atoms with van der Waals surface area (Å²) in [6, 6.07) is 7.66. The van der Waals surface area contributed by atoms with Crippen LogP contribution in [0.25, 0.3) is 0 Å². The quantitative estimate of drug-likeness (QED) is 0.744. The molecule has 1 amide bonds. The van der Waals surface area contributed by atoms with Crippen molar-refractivity contribution in [3.8, 4) is 0 Å². The predicted octanol–water partition coefficient (Wildman–Crippen LogP) is 0.966. The minimum atomic E-state index is -0.446. The summed E-state index contributed by atoms with van der Waals surface area (Å²) in [5, 5.41) is 15.5. The average Bonchev–Trinajstić information content (AvgIpc) is 2.90. The molecule has 0 saturated carbocycles. The van der Waals surface area contributed by atoms with E-state index in [-0.39, 0.29) is 11.8 Å². The molecule has 0 radical (unpaired) electrons. The molecule has 1 heterocycles. The van der Waals surface area contributed by atoms with Crippen LogP contribution in [0.3, 0.4) is 0 Å². The Morgan fingerprint density at radius 2 is 2.22 bits per heavy atom. The molecule has 0 aliphatic carbocycles. The third-order valence-electron chi connectivity index (χ3n) is 3.36. The molecule has 0 bridgehead atoms. The SMILES string of the molecule is CC(O)c1ccc(CNC(=O)C2CCNC2)cc1. The summed E-state index contributed by atoms with van der Waals surface area (Å²) in [5.74, 6) is 0.237. The van der Waals surface area contributed by atoms with Crippen LogP contribution in [0, 0.1) is 5.92 Å². The summed E-state index contributed by atoms with van der Waals surface area (Å²) in [6.07, 6.45) is 0.477. The summed E-state index contributed by atoms with van der Waals surface area (Å²) in [4.78, 5) is 11.8. The Labute approximate surface area is 107 Å². The second kappa shape index (κ2) is 5.98. The number of nitrogens with one attached hydrogen (secondary N) is 2. The molecule has 1 aromatic carbocycles. The van der Waals surface area contributed by atoms with E-state index in [1.54, 1.807) is 6.92 Å². The van der Waals surface area contributed by atoms with Gasteiger partial charge >= 0.3 is 0 Å². The van der Waals surface area contributed by atoms with Crippen LogP contribution in [-0.2, 0) is 11.3 Å². The second-order valence-corrected chi connectivity index (χ2v) is 4.83. The monoisotopic (exact) mass is 248 g/mol. The van der Waals surface area contributed by atoms with E-state index in [2.05, 4.69) is 10.6 Å². The maximum Gasteiger partial charge on any atom is 0.224 e. The minimum absolute atomic E-state index is 0.113. The highest BCUT2D eigenvalue weighted by Crippen LogP contribution is 2.13. The molecule has 3 N–H and O–H groups in total. The predicted molar refractivity (Wildman–Crippen MR) is 69.9 cm³/mol. The molecule has 2 rings (SSSR count). The third kappa shape index (κ3) is 3.31. The van der Waals surface area contributed by atoms with E-state index in [9.17, 15) is 9.90 Å². The number of amides is 1. The van der Waals surface area contributed by atoms with Gasteiger partial charge in [-0.1, -0.05) is 24.3 Å². The van der Waals surface area contributed by atoms with Crippen molar-refractivity contribution >= 4 is 5.91 Å². The van der Waals surface area contributed by atoms with Crippen molar-refractivity contribution in [1.29, 1.82) is 0 Å². The molecule has 0 spiro atoms. The molecule has 1 fully saturated rings. The Balaban J connectivity index is 1.84. The Kier molecular flexibility index (Phi) is 4.33. The highest BCUT2D eigenvalue weighted by Gasteiger charge is 2.21. The number of hydrogen-bond donors (Lipinski definition) is 3. The average molecular weight is 248 g/mol. The van der Waals surface area contributed by atoms with Gasteiger partial charge in [0.2, 0.25) is 5.91 Å². The first-order valence-corrected chi connectivity index (χ1v) is 6.42. The van der Waals surface area contributed by atoms with Gasteiger partial charge < -0.3 is 15.7 Å². The van der Waals surface area contributed by atoms with Gasteiger partial charge in [0, 0.05) is 13.1 Å². The molecule has 2 unspecified atom stereocenters. The van der Waals surface area contributed by atoms with E-state index in [0.29, 0.717) is 6.54 Å². The van der Waals surface area contributed by atoms with Gasteiger partial charge in [0.1, 0.15) is 0 Å². The first-order valence-electron chi connectivity index (χ1n) is 6.42. The number of carbonyl (C=O) groups excluding carboxylic acids is 1. The molecule has 1 aliphatic heterocycles. The lowest BCUT2D eigenvalue weighted by Crippen LogP contribution is -2.31. The van der Waals surface area contributed by atoms with Crippen LogP contribution in [0.2, 0.25) is 0 Å². The van der Waals surface area contributed by atoms with E-state index in [0.717, 1.165) is 30.6 Å². The Morgan fingerprint density at radius 3 is 2.78 bits per heavy atom. The van der Waals surface area contributed by atoms with E-state index in [1.165, 1.54) is 0 Å². The van der Waals surface area contributed by atoms with E-state index < -0.39 is 6.10 Å². The summed E-state index contributed by atoms with van der Waals surface area (Å²) in [5.41, 5.74) is 1.95. The summed E-state index contributed by atoms with van der Waals surface area (Å²) in [7, 11) is 0. The van der Waals surface area contributed by atoms with Gasteiger partial charge in [0.05, 0.1) is 12.0 Å². The van der Waals surface area contributed by atoms with Crippen LogP contribution in [0.15, 0.2) is 24.3 Å². The van der Waals surface area contributed by atoms with Crippen LogP contribution in [0.5, 0.6) is 0 Å². The number of rotatable bonds is 4. The minimum Gasteiger partial charge on any atom is -0.389 e. The van der Waals surface area contributed by atoms with Crippen molar-refractivity contribution in [2.75, 3.05) is 13.1 Å². The number of aliphatic hydroxyl groups excluding tert-OH is 1. The smallest absolute Gasteiger partial charge is 0.224 e. The molecular weight excluding hydrogens is 228 g/mol. The van der Waals surface area contributed by atoms with Crippen LogP contribution in [0.1, 0.15) is 30.6 Å². The Hall–Kier alpha value is -1.39. The molecule has 18 heavy (non-hydrogen) atoms. The first kappa shape index (κ1) is 13.1. The molecule has 98 valence electrons. The third-order valence-corrected chi connectivity index (χ3v) is 3.36. The lowest BCUT2D eigenvalue weighted by molar-refractivity contribution is -0.124. The fraction of sp³-hybridized carbons (Fsp3) is 0.500. The topological polar surface area (TPSA) is 61.4 Å². The zero-order chi connectivity index (χ0) is 13.0. The second-order valence-electron chi connectivity index (χ2n) is 4.83. The lowest BCUT2D eigenvalue weighted by atomic mass is 10.1. The van der Waals surface area contributed by atoms with Crippen molar-refractivity contribution in [1.82, 2.24) is 10.6 Å². The summed E-state index contributed by atoms with van der Waals surface area (Å²) >= 11 is 0. The maximum atomic E-state index is 11.8. The van der Waals surface area contributed by atoms with Crippen LogP contribution in [0.4, 0.5) is 0 Å². The number of carbonyl (C=O) groups is 1. The molecule has 1 aromatic rings. The van der Waals surface area contributed by atoms with Gasteiger partial charge in [-0.3, -0.25) is 4.79 Å².